The van der Waals surface area contributed by atoms with Crippen LogP contribution in [0.3, 0.4) is 0 Å². The van der Waals surface area contributed by atoms with E-state index in [4.69, 9.17) is 23.2 Å². The zero-order chi connectivity index (χ0) is 23.2. The number of carbonyl (C=O) groups is 1. The lowest BCUT2D eigenvalue weighted by Gasteiger charge is -2.23. The fraction of sp³-hybridized carbons (Fsp3) is 0.360. The number of halogens is 2. The summed E-state index contributed by atoms with van der Waals surface area (Å²) < 4.78 is 0. The number of anilines is 4. The fourth-order valence-electron chi connectivity index (χ4n) is 4.24. The van der Waals surface area contributed by atoms with Crippen LogP contribution in [-0.4, -0.2) is 49.0 Å². The zero-order valence-electron chi connectivity index (χ0n) is 18.8. The van der Waals surface area contributed by atoms with Crippen molar-refractivity contribution < 1.29 is 4.79 Å². The van der Waals surface area contributed by atoms with Gasteiger partial charge in [-0.15, -0.1) is 23.2 Å². The van der Waals surface area contributed by atoms with Gasteiger partial charge in [0.15, 0.2) is 0 Å². The predicted octanol–water partition coefficient (Wildman–Crippen LogP) is 6.07. The number of pyridine rings is 1. The molecule has 0 spiro atoms. The average molecular weight is 486 g/mol. The Morgan fingerprint density at radius 2 is 1.70 bits per heavy atom. The summed E-state index contributed by atoms with van der Waals surface area (Å²) in [4.78, 5) is 21.9. The summed E-state index contributed by atoms with van der Waals surface area (Å²) in [5, 5.41) is 6.88. The minimum Gasteiger partial charge on any atom is -0.372 e. The second-order valence-electron chi connectivity index (χ2n) is 8.20. The maximum atomic E-state index is 12.8. The van der Waals surface area contributed by atoms with Crippen molar-refractivity contribution in [1.29, 1.82) is 0 Å². The van der Waals surface area contributed by atoms with Crippen molar-refractivity contribution >= 4 is 62.9 Å². The molecule has 0 bridgehead atoms. The van der Waals surface area contributed by atoms with E-state index >= 15 is 0 Å². The quantitative estimate of drug-likeness (QED) is 0.380. The standard InChI is InChI=1S/C25H29Cl2N5O/c1-18-16-24(22-17-21(8-9-23(22)28-18)31-12-2-3-13-31)30-25(33)29-19-4-6-20(7-5-19)32(14-10-26)15-11-27/h4-9,16-17H,2-3,10-15H2,1H3,(H2,28,29,30,33). The molecule has 2 aromatic carbocycles. The number of rotatable bonds is 8. The molecule has 2 N–H and O–H groups in total. The summed E-state index contributed by atoms with van der Waals surface area (Å²) in [6.45, 7) is 5.50. The molecule has 33 heavy (non-hydrogen) atoms. The highest BCUT2D eigenvalue weighted by Crippen LogP contribution is 2.30. The molecule has 2 heterocycles. The highest BCUT2D eigenvalue weighted by atomic mass is 35.5. The molecule has 1 saturated heterocycles. The van der Waals surface area contributed by atoms with Crippen LogP contribution in [0.5, 0.6) is 0 Å². The number of alkyl halides is 2. The number of nitrogens with one attached hydrogen (secondary N) is 2. The monoisotopic (exact) mass is 485 g/mol. The number of aromatic nitrogens is 1. The lowest BCUT2D eigenvalue weighted by molar-refractivity contribution is 0.262. The van der Waals surface area contributed by atoms with E-state index in [9.17, 15) is 4.79 Å². The van der Waals surface area contributed by atoms with Gasteiger partial charge >= 0.3 is 6.03 Å². The topological polar surface area (TPSA) is 60.5 Å². The molecule has 1 aromatic heterocycles. The lowest BCUT2D eigenvalue weighted by Crippen LogP contribution is -2.27. The van der Waals surface area contributed by atoms with Crippen LogP contribution in [0, 0.1) is 6.92 Å². The number of hydrogen-bond acceptors (Lipinski definition) is 4. The van der Waals surface area contributed by atoms with Gasteiger partial charge in [-0.25, -0.2) is 4.79 Å². The van der Waals surface area contributed by atoms with Crippen LogP contribution in [0.1, 0.15) is 18.5 Å². The first-order valence-corrected chi connectivity index (χ1v) is 12.4. The van der Waals surface area contributed by atoms with Crippen LogP contribution in [0.25, 0.3) is 10.9 Å². The van der Waals surface area contributed by atoms with Crippen LogP contribution in [-0.2, 0) is 0 Å². The third kappa shape index (κ3) is 5.81. The Hall–Kier alpha value is -2.70. The summed E-state index contributed by atoms with van der Waals surface area (Å²) in [6.07, 6.45) is 2.43. The molecular weight excluding hydrogens is 457 g/mol. The van der Waals surface area contributed by atoms with Crippen LogP contribution in [0.2, 0.25) is 0 Å². The largest absolute Gasteiger partial charge is 0.372 e. The van der Waals surface area contributed by atoms with E-state index < -0.39 is 0 Å². The number of urea groups is 1. The number of hydrogen-bond donors (Lipinski definition) is 2. The maximum Gasteiger partial charge on any atom is 0.323 e. The Balaban J connectivity index is 1.49. The molecule has 0 aliphatic carbocycles. The molecular formula is C25H29Cl2N5O. The summed E-state index contributed by atoms with van der Waals surface area (Å²) in [5.41, 5.74) is 5.38. The zero-order valence-corrected chi connectivity index (χ0v) is 20.3. The summed E-state index contributed by atoms with van der Waals surface area (Å²) in [6, 6.07) is 15.6. The van der Waals surface area contributed by atoms with Gasteiger partial charge in [0.1, 0.15) is 0 Å². The molecule has 0 unspecified atom stereocenters. The highest BCUT2D eigenvalue weighted by Gasteiger charge is 2.15. The van der Waals surface area contributed by atoms with Crippen LogP contribution >= 0.6 is 23.2 Å². The molecule has 174 valence electrons. The first kappa shape index (κ1) is 23.5. The molecule has 6 nitrogen and oxygen atoms in total. The molecule has 0 saturated carbocycles. The minimum atomic E-state index is -0.292. The van der Waals surface area contributed by atoms with Gasteiger partial charge in [0.05, 0.1) is 11.2 Å². The Labute approximate surface area is 204 Å². The van der Waals surface area contributed by atoms with Gasteiger partial charge in [-0.05, 0) is 68.3 Å². The first-order chi connectivity index (χ1) is 16.1. The van der Waals surface area contributed by atoms with Gasteiger partial charge in [0.25, 0.3) is 0 Å². The number of amides is 2. The number of benzene rings is 2. The van der Waals surface area contributed by atoms with Crippen molar-refractivity contribution in [2.24, 2.45) is 0 Å². The molecule has 8 heteroatoms. The average Bonchev–Trinajstić information content (AvgIpc) is 3.34. The van der Waals surface area contributed by atoms with Crippen molar-refractivity contribution in [3.63, 3.8) is 0 Å². The summed E-state index contributed by atoms with van der Waals surface area (Å²) in [7, 11) is 0. The number of aryl methyl sites for hydroxylation is 1. The number of fused-ring (bicyclic) bond motifs is 1. The molecule has 1 aliphatic heterocycles. The molecule has 0 radical (unpaired) electrons. The predicted molar refractivity (Wildman–Crippen MR) is 141 cm³/mol. The van der Waals surface area contributed by atoms with E-state index in [2.05, 4.69) is 37.6 Å². The summed E-state index contributed by atoms with van der Waals surface area (Å²) >= 11 is 11.8. The molecule has 3 aromatic rings. The van der Waals surface area contributed by atoms with Crippen molar-refractivity contribution in [3.05, 3.63) is 54.2 Å². The molecule has 1 aliphatic rings. The van der Waals surface area contributed by atoms with Crippen LogP contribution in [0.4, 0.5) is 27.5 Å². The third-order valence-corrected chi connectivity index (χ3v) is 6.18. The van der Waals surface area contributed by atoms with Gasteiger partial charge in [-0.3, -0.25) is 4.98 Å². The van der Waals surface area contributed by atoms with E-state index in [1.165, 1.54) is 18.5 Å². The van der Waals surface area contributed by atoms with E-state index in [1.54, 1.807) is 0 Å². The van der Waals surface area contributed by atoms with E-state index in [0.717, 1.165) is 54.2 Å². The smallest absolute Gasteiger partial charge is 0.323 e. The van der Waals surface area contributed by atoms with Crippen molar-refractivity contribution in [2.45, 2.75) is 19.8 Å². The highest BCUT2D eigenvalue weighted by molar-refractivity contribution is 6.18. The van der Waals surface area contributed by atoms with Crippen molar-refractivity contribution in [2.75, 3.05) is 58.4 Å². The molecule has 2 amide bonds. The molecule has 0 atom stereocenters. The second kappa shape index (κ2) is 10.9. The number of carbonyl (C=O) groups excluding carboxylic acids is 1. The Morgan fingerprint density at radius 3 is 2.36 bits per heavy atom. The SMILES string of the molecule is Cc1cc(NC(=O)Nc2ccc(N(CCCl)CCCl)cc2)c2cc(N3CCCC3)ccc2n1. The third-order valence-electron chi connectivity index (χ3n) is 5.84. The van der Waals surface area contributed by atoms with Gasteiger partial charge in [-0.1, -0.05) is 0 Å². The first-order valence-electron chi connectivity index (χ1n) is 11.3. The maximum absolute atomic E-state index is 12.8. The number of nitrogens with zero attached hydrogens (tertiary/aromatic N) is 3. The van der Waals surface area contributed by atoms with Gasteiger partial charge < -0.3 is 20.4 Å². The van der Waals surface area contributed by atoms with E-state index in [1.807, 2.05) is 43.3 Å². The van der Waals surface area contributed by atoms with Gasteiger partial charge in [0, 0.05) is 66.1 Å². The van der Waals surface area contributed by atoms with Crippen molar-refractivity contribution in [1.82, 2.24) is 4.98 Å². The molecule has 4 rings (SSSR count). The minimum absolute atomic E-state index is 0.292. The Morgan fingerprint density at radius 1 is 1.00 bits per heavy atom. The second-order valence-corrected chi connectivity index (χ2v) is 8.95. The lowest BCUT2D eigenvalue weighted by atomic mass is 10.1. The van der Waals surface area contributed by atoms with Crippen LogP contribution in [0.15, 0.2) is 48.5 Å². The Bertz CT molecular complexity index is 1090. The summed E-state index contributed by atoms with van der Waals surface area (Å²) in [5.74, 6) is 1.05. The van der Waals surface area contributed by atoms with E-state index in [0.29, 0.717) is 17.4 Å². The van der Waals surface area contributed by atoms with Crippen molar-refractivity contribution in [3.8, 4) is 0 Å². The van der Waals surface area contributed by atoms with E-state index in [-0.39, 0.29) is 6.03 Å². The molecule has 1 fully saturated rings. The Kier molecular flexibility index (Phi) is 7.78. The van der Waals surface area contributed by atoms with Gasteiger partial charge in [0.2, 0.25) is 0 Å². The van der Waals surface area contributed by atoms with Crippen LogP contribution < -0.4 is 20.4 Å². The fourth-order valence-corrected chi connectivity index (χ4v) is 4.64. The normalized spacial score (nSPS) is 13.4. The van der Waals surface area contributed by atoms with Gasteiger partial charge in [-0.2, -0.15) is 0 Å².